The predicted molar refractivity (Wildman–Crippen MR) is 93.8 cm³/mol. The van der Waals surface area contributed by atoms with Gasteiger partial charge < -0.3 is 14.2 Å². The van der Waals surface area contributed by atoms with Crippen LogP contribution >= 0.6 is 0 Å². The van der Waals surface area contributed by atoms with Crippen LogP contribution in [0.2, 0.25) is 0 Å². The molecule has 0 radical (unpaired) electrons. The Bertz CT molecular complexity index is 373. The summed E-state index contributed by atoms with van der Waals surface area (Å²) >= 11 is 0. The Labute approximate surface area is 141 Å². The standard InChI is InChI=1S/C14H22.C6H10O3/c1-2-3-4-5-6-8-11-14-12-9-7-10-13-14;1(5-3-8-5)7-2-6-4-9-6/h7,9-10,12-13H,2-6,8,11H2,1H3;5-6H,1-4H2. The molecule has 2 saturated heterocycles. The zero-order chi connectivity index (χ0) is 16.2. The molecule has 0 spiro atoms. The molecule has 3 heteroatoms. The fraction of sp³-hybridized carbons (Fsp3) is 0.700. The number of hydrogen-bond acceptors (Lipinski definition) is 3. The number of rotatable bonds is 11. The third-order valence-corrected chi connectivity index (χ3v) is 4.07. The molecule has 130 valence electrons. The first-order valence-electron chi connectivity index (χ1n) is 9.23. The summed E-state index contributed by atoms with van der Waals surface area (Å²) in [6.45, 7) is 5.53. The van der Waals surface area contributed by atoms with E-state index in [1.807, 2.05) is 0 Å². The molecule has 3 nitrogen and oxygen atoms in total. The van der Waals surface area contributed by atoms with E-state index in [0.29, 0.717) is 12.2 Å². The summed E-state index contributed by atoms with van der Waals surface area (Å²) in [5, 5.41) is 0. The maximum atomic E-state index is 5.23. The van der Waals surface area contributed by atoms with Crippen LogP contribution in [0.15, 0.2) is 30.3 Å². The highest BCUT2D eigenvalue weighted by molar-refractivity contribution is 5.14. The maximum Gasteiger partial charge on any atom is 0.104 e. The molecular weight excluding hydrogens is 288 g/mol. The quantitative estimate of drug-likeness (QED) is 0.448. The van der Waals surface area contributed by atoms with Gasteiger partial charge in [-0.1, -0.05) is 69.4 Å². The highest BCUT2D eigenvalue weighted by Crippen LogP contribution is 2.12. The minimum atomic E-state index is 0.392. The molecule has 2 unspecified atom stereocenters. The van der Waals surface area contributed by atoms with Gasteiger partial charge in [-0.15, -0.1) is 0 Å². The zero-order valence-corrected chi connectivity index (χ0v) is 14.5. The number of epoxide rings is 2. The molecule has 0 aromatic heterocycles. The van der Waals surface area contributed by atoms with E-state index in [2.05, 4.69) is 37.3 Å². The van der Waals surface area contributed by atoms with Crippen LogP contribution < -0.4 is 0 Å². The van der Waals surface area contributed by atoms with Crippen molar-refractivity contribution >= 4 is 0 Å². The summed E-state index contributed by atoms with van der Waals surface area (Å²) in [5.41, 5.74) is 1.49. The highest BCUT2D eigenvalue weighted by Gasteiger charge is 2.26. The van der Waals surface area contributed by atoms with E-state index in [1.54, 1.807) is 0 Å². The van der Waals surface area contributed by atoms with Gasteiger partial charge in [-0.05, 0) is 18.4 Å². The average molecular weight is 320 g/mol. The van der Waals surface area contributed by atoms with Crippen LogP contribution in [-0.2, 0) is 20.6 Å². The van der Waals surface area contributed by atoms with Gasteiger partial charge in [0, 0.05) is 0 Å². The predicted octanol–water partition coefficient (Wildman–Crippen LogP) is 4.39. The molecule has 2 aliphatic rings. The Morgan fingerprint density at radius 2 is 1.43 bits per heavy atom. The van der Waals surface area contributed by atoms with Gasteiger partial charge in [-0.2, -0.15) is 0 Å². The summed E-state index contributed by atoms with van der Waals surface area (Å²) in [4.78, 5) is 0. The normalized spacial score (nSPS) is 21.4. The van der Waals surface area contributed by atoms with E-state index < -0.39 is 0 Å². The molecular formula is C20H32O3. The highest BCUT2D eigenvalue weighted by atomic mass is 16.6. The Kier molecular flexibility index (Phi) is 9.31. The Morgan fingerprint density at radius 1 is 0.870 bits per heavy atom. The molecule has 0 amide bonds. The van der Waals surface area contributed by atoms with Crippen molar-refractivity contribution in [3.63, 3.8) is 0 Å². The van der Waals surface area contributed by atoms with Gasteiger partial charge in [0.15, 0.2) is 0 Å². The van der Waals surface area contributed by atoms with Crippen LogP contribution in [0.1, 0.15) is 51.0 Å². The topological polar surface area (TPSA) is 34.3 Å². The molecule has 23 heavy (non-hydrogen) atoms. The first kappa shape index (κ1) is 18.4. The van der Waals surface area contributed by atoms with Gasteiger partial charge in [0.05, 0.1) is 26.4 Å². The van der Waals surface area contributed by atoms with Crippen molar-refractivity contribution in [2.75, 3.05) is 26.4 Å². The van der Waals surface area contributed by atoms with Crippen molar-refractivity contribution in [3.8, 4) is 0 Å². The number of benzene rings is 1. The second-order valence-corrected chi connectivity index (χ2v) is 6.45. The third kappa shape index (κ3) is 10.5. The first-order chi connectivity index (χ1) is 11.4. The van der Waals surface area contributed by atoms with Crippen LogP contribution in [0.25, 0.3) is 0 Å². The average Bonchev–Trinajstić information content (AvgIpc) is 3.48. The third-order valence-electron chi connectivity index (χ3n) is 4.07. The Hall–Kier alpha value is -0.900. The SMILES string of the molecule is C(OCC1CO1)C1CO1.CCCCCCCCc1ccccc1. The molecule has 2 fully saturated rings. The van der Waals surface area contributed by atoms with Gasteiger partial charge in [0.1, 0.15) is 12.2 Å². The van der Waals surface area contributed by atoms with Crippen molar-refractivity contribution < 1.29 is 14.2 Å². The molecule has 3 rings (SSSR count). The van der Waals surface area contributed by atoms with Gasteiger partial charge >= 0.3 is 0 Å². The fourth-order valence-electron chi connectivity index (χ4n) is 2.41. The molecule has 2 atom stereocenters. The monoisotopic (exact) mass is 320 g/mol. The van der Waals surface area contributed by atoms with Crippen LogP contribution in [0.5, 0.6) is 0 Å². The van der Waals surface area contributed by atoms with Crippen molar-refractivity contribution in [3.05, 3.63) is 35.9 Å². The Morgan fingerprint density at radius 3 is 2.00 bits per heavy atom. The van der Waals surface area contributed by atoms with Crippen LogP contribution in [-0.4, -0.2) is 38.6 Å². The number of hydrogen-bond donors (Lipinski definition) is 0. The second-order valence-electron chi connectivity index (χ2n) is 6.45. The van der Waals surface area contributed by atoms with Crippen molar-refractivity contribution in [1.82, 2.24) is 0 Å². The summed E-state index contributed by atoms with van der Waals surface area (Å²) < 4.78 is 15.1. The van der Waals surface area contributed by atoms with Crippen molar-refractivity contribution in [1.29, 1.82) is 0 Å². The van der Waals surface area contributed by atoms with E-state index in [1.165, 1.54) is 50.5 Å². The summed E-state index contributed by atoms with van der Waals surface area (Å²) in [6.07, 6.45) is 10.4. The fourth-order valence-corrected chi connectivity index (χ4v) is 2.41. The van der Waals surface area contributed by atoms with Crippen molar-refractivity contribution in [2.45, 2.75) is 64.1 Å². The summed E-state index contributed by atoms with van der Waals surface area (Å²) in [6, 6.07) is 10.8. The van der Waals surface area contributed by atoms with Gasteiger partial charge in [0.25, 0.3) is 0 Å². The van der Waals surface area contributed by atoms with E-state index in [0.717, 1.165) is 26.4 Å². The van der Waals surface area contributed by atoms with Crippen LogP contribution in [0.3, 0.4) is 0 Å². The second kappa shape index (κ2) is 11.6. The number of ether oxygens (including phenoxy) is 3. The number of aryl methyl sites for hydroxylation is 1. The smallest absolute Gasteiger partial charge is 0.104 e. The van der Waals surface area contributed by atoms with Crippen molar-refractivity contribution in [2.24, 2.45) is 0 Å². The van der Waals surface area contributed by atoms with Gasteiger partial charge in [-0.3, -0.25) is 0 Å². The molecule has 0 aliphatic carbocycles. The number of unbranched alkanes of at least 4 members (excludes halogenated alkanes) is 5. The molecule has 2 aliphatic heterocycles. The minimum absolute atomic E-state index is 0.392. The molecule has 1 aromatic carbocycles. The molecule has 1 aromatic rings. The molecule has 2 heterocycles. The summed E-state index contributed by atoms with van der Waals surface area (Å²) in [5.74, 6) is 0. The zero-order valence-electron chi connectivity index (χ0n) is 14.5. The van der Waals surface area contributed by atoms with Gasteiger partial charge in [-0.25, -0.2) is 0 Å². The maximum absolute atomic E-state index is 5.23. The molecule has 0 N–H and O–H groups in total. The first-order valence-corrected chi connectivity index (χ1v) is 9.23. The lowest BCUT2D eigenvalue weighted by Gasteiger charge is -2.01. The van der Waals surface area contributed by atoms with Gasteiger partial charge in [0.2, 0.25) is 0 Å². The molecule has 0 saturated carbocycles. The largest absolute Gasteiger partial charge is 0.376 e. The van der Waals surface area contributed by atoms with E-state index in [9.17, 15) is 0 Å². The van der Waals surface area contributed by atoms with E-state index >= 15 is 0 Å². The van der Waals surface area contributed by atoms with E-state index in [4.69, 9.17) is 14.2 Å². The lowest BCUT2D eigenvalue weighted by Crippen LogP contribution is -2.06. The lowest BCUT2D eigenvalue weighted by molar-refractivity contribution is 0.102. The lowest BCUT2D eigenvalue weighted by atomic mass is 10.1. The summed E-state index contributed by atoms with van der Waals surface area (Å²) in [7, 11) is 0. The molecule has 0 bridgehead atoms. The van der Waals surface area contributed by atoms with Crippen LogP contribution in [0.4, 0.5) is 0 Å². The van der Waals surface area contributed by atoms with Crippen LogP contribution in [0, 0.1) is 0 Å². The Balaban J connectivity index is 0.000000182. The minimum Gasteiger partial charge on any atom is -0.376 e. The van der Waals surface area contributed by atoms with E-state index in [-0.39, 0.29) is 0 Å².